The van der Waals surface area contributed by atoms with Gasteiger partial charge >= 0.3 is 5.97 Å². The number of aliphatic imine (C=N–C) groups is 1. The van der Waals surface area contributed by atoms with E-state index in [2.05, 4.69) is 10.7 Å². The van der Waals surface area contributed by atoms with Gasteiger partial charge in [0.15, 0.2) is 0 Å². The van der Waals surface area contributed by atoms with Crippen LogP contribution >= 0.6 is 0 Å². The standard InChI is InChI=1S/C8H5NO3.CH5N/c10-5-9-7-3-1-2-6(4-7)8(11)12;1-2/h1-4H,(H,11,12);2H2,1H3. The van der Waals surface area contributed by atoms with Crippen molar-refractivity contribution >= 4 is 17.7 Å². The van der Waals surface area contributed by atoms with Crippen molar-refractivity contribution < 1.29 is 14.7 Å². The Balaban J connectivity index is 0.000000791. The van der Waals surface area contributed by atoms with Crippen LogP contribution in [-0.4, -0.2) is 24.2 Å². The summed E-state index contributed by atoms with van der Waals surface area (Å²) in [6.45, 7) is 0. The number of hydrogen-bond donors (Lipinski definition) is 2. The van der Waals surface area contributed by atoms with E-state index in [-0.39, 0.29) is 5.56 Å². The molecule has 0 spiro atoms. The van der Waals surface area contributed by atoms with E-state index in [9.17, 15) is 9.59 Å². The number of hydrogen-bond acceptors (Lipinski definition) is 4. The normalized spacial score (nSPS) is 7.86. The van der Waals surface area contributed by atoms with Gasteiger partial charge in [0.1, 0.15) is 0 Å². The maximum atomic E-state index is 10.4. The van der Waals surface area contributed by atoms with E-state index >= 15 is 0 Å². The largest absolute Gasteiger partial charge is 0.478 e. The van der Waals surface area contributed by atoms with Crippen molar-refractivity contribution in [3.8, 4) is 0 Å². The van der Waals surface area contributed by atoms with Gasteiger partial charge in [-0.3, -0.25) is 0 Å². The van der Waals surface area contributed by atoms with Gasteiger partial charge in [0.2, 0.25) is 6.08 Å². The Morgan fingerprint density at radius 3 is 2.64 bits per heavy atom. The lowest BCUT2D eigenvalue weighted by atomic mass is 10.2. The Kier molecular flexibility index (Phi) is 5.62. The molecule has 5 nitrogen and oxygen atoms in total. The van der Waals surface area contributed by atoms with Gasteiger partial charge < -0.3 is 10.8 Å². The van der Waals surface area contributed by atoms with Gasteiger partial charge in [0.25, 0.3) is 0 Å². The van der Waals surface area contributed by atoms with E-state index in [0.29, 0.717) is 5.69 Å². The molecule has 0 aliphatic heterocycles. The van der Waals surface area contributed by atoms with Crippen LogP contribution in [-0.2, 0) is 4.79 Å². The molecule has 0 aliphatic rings. The Morgan fingerprint density at radius 2 is 2.14 bits per heavy atom. The molecule has 0 unspecified atom stereocenters. The third kappa shape index (κ3) is 3.62. The highest BCUT2D eigenvalue weighted by molar-refractivity contribution is 5.88. The van der Waals surface area contributed by atoms with E-state index in [0.717, 1.165) is 0 Å². The van der Waals surface area contributed by atoms with Gasteiger partial charge in [-0.15, -0.1) is 0 Å². The molecule has 0 amide bonds. The maximum Gasteiger partial charge on any atom is 0.335 e. The van der Waals surface area contributed by atoms with Gasteiger partial charge in [0, 0.05) is 0 Å². The molecule has 1 aromatic rings. The Hall–Kier alpha value is -1.97. The summed E-state index contributed by atoms with van der Waals surface area (Å²) in [5, 5.41) is 8.54. The number of carboxylic acid groups (broad SMARTS) is 1. The van der Waals surface area contributed by atoms with Crippen molar-refractivity contribution in [2.75, 3.05) is 7.05 Å². The molecule has 0 aromatic heterocycles. The highest BCUT2D eigenvalue weighted by Gasteiger charge is 2.01. The second kappa shape index (κ2) is 6.54. The van der Waals surface area contributed by atoms with E-state index in [1.54, 1.807) is 0 Å². The SMILES string of the molecule is CN.O=C=Nc1cccc(C(=O)O)c1. The molecule has 1 rings (SSSR count). The minimum Gasteiger partial charge on any atom is -0.478 e. The minimum atomic E-state index is -1.04. The third-order valence-corrected chi connectivity index (χ3v) is 1.27. The van der Waals surface area contributed by atoms with Crippen LogP contribution in [0.4, 0.5) is 5.69 Å². The van der Waals surface area contributed by atoms with Crippen LogP contribution in [0.5, 0.6) is 0 Å². The lowest BCUT2D eigenvalue weighted by Gasteiger charge is -1.93. The first-order valence-corrected chi connectivity index (χ1v) is 3.73. The zero-order valence-electron chi connectivity index (χ0n) is 7.60. The molecule has 74 valence electrons. The number of nitrogens with two attached hydrogens (primary N) is 1. The number of carboxylic acids is 1. The van der Waals surface area contributed by atoms with E-state index < -0.39 is 5.97 Å². The number of rotatable bonds is 2. The second-order valence-corrected chi connectivity index (χ2v) is 2.06. The van der Waals surface area contributed by atoms with Crippen molar-refractivity contribution in [2.45, 2.75) is 0 Å². The van der Waals surface area contributed by atoms with Crippen molar-refractivity contribution in [3.05, 3.63) is 29.8 Å². The summed E-state index contributed by atoms with van der Waals surface area (Å²) in [6.07, 6.45) is 1.33. The lowest BCUT2D eigenvalue weighted by Crippen LogP contribution is -1.94. The summed E-state index contributed by atoms with van der Waals surface area (Å²) in [5.74, 6) is -1.04. The summed E-state index contributed by atoms with van der Waals surface area (Å²) in [6, 6.07) is 5.76. The van der Waals surface area contributed by atoms with Gasteiger partial charge in [-0.1, -0.05) is 6.07 Å². The van der Waals surface area contributed by atoms with Crippen LogP contribution in [0.2, 0.25) is 0 Å². The Labute approximate surface area is 80.9 Å². The molecule has 5 heteroatoms. The molecule has 1 aromatic carbocycles. The number of benzene rings is 1. The number of isocyanates is 1. The average Bonchev–Trinajstić information content (AvgIpc) is 2.22. The predicted octanol–water partition coefficient (Wildman–Crippen LogP) is 0.927. The molecule has 0 heterocycles. The maximum absolute atomic E-state index is 10.4. The van der Waals surface area contributed by atoms with Crippen LogP contribution in [0.3, 0.4) is 0 Å². The molecule has 0 radical (unpaired) electrons. The molecule has 0 fully saturated rings. The highest BCUT2D eigenvalue weighted by Crippen LogP contribution is 2.12. The first kappa shape index (κ1) is 12.0. The Bertz CT molecular complexity index is 340. The van der Waals surface area contributed by atoms with Crippen LogP contribution in [0.1, 0.15) is 10.4 Å². The van der Waals surface area contributed by atoms with Gasteiger partial charge in [-0.05, 0) is 25.2 Å². The average molecular weight is 194 g/mol. The molecule has 0 bridgehead atoms. The smallest absolute Gasteiger partial charge is 0.335 e. The minimum absolute atomic E-state index is 0.103. The fraction of sp³-hybridized carbons (Fsp3) is 0.111. The monoisotopic (exact) mass is 194 g/mol. The summed E-state index contributed by atoms with van der Waals surface area (Å²) in [5.41, 5.74) is 4.90. The highest BCUT2D eigenvalue weighted by atomic mass is 16.4. The molecule has 0 aliphatic carbocycles. The van der Waals surface area contributed by atoms with Gasteiger partial charge in [-0.25, -0.2) is 9.59 Å². The number of carbonyl (C=O) groups is 1. The van der Waals surface area contributed by atoms with Crippen molar-refractivity contribution in [1.82, 2.24) is 0 Å². The van der Waals surface area contributed by atoms with Crippen molar-refractivity contribution in [3.63, 3.8) is 0 Å². The first-order valence-electron chi connectivity index (χ1n) is 3.73. The molecule has 14 heavy (non-hydrogen) atoms. The fourth-order valence-corrected chi connectivity index (χ4v) is 0.761. The van der Waals surface area contributed by atoms with E-state index in [1.165, 1.54) is 37.4 Å². The van der Waals surface area contributed by atoms with Crippen LogP contribution in [0.15, 0.2) is 29.3 Å². The van der Waals surface area contributed by atoms with Crippen molar-refractivity contribution in [1.29, 1.82) is 0 Å². The van der Waals surface area contributed by atoms with Crippen LogP contribution in [0, 0.1) is 0 Å². The number of aromatic carboxylic acids is 1. The van der Waals surface area contributed by atoms with E-state index in [4.69, 9.17) is 5.11 Å². The van der Waals surface area contributed by atoms with Gasteiger partial charge in [0.05, 0.1) is 11.3 Å². The van der Waals surface area contributed by atoms with E-state index in [1.807, 2.05) is 0 Å². The quantitative estimate of drug-likeness (QED) is 0.541. The van der Waals surface area contributed by atoms with Crippen LogP contribution < -0.4 is 5.73 Å². The molecule has 3 N–H and O–H groups in total. The zero-order chi connectivity index (χ0) is 11.0. The van der Waals surface area contributed by atoms with Crippen molar-refractivity contribution in [2.24, 2.45) is 10.7 Å². The predicted molar refractivity (Wildman–Crippen MR) is 51.3 cm³/mol. The fourth-order valence-electron chi connectivity index (χ4n) is 0.761. The molecular formula is C9H10N2O3. The second-order valence-electron chi connectivity index (χ2n) is 2.06. The number of carbonyl (C=O) groups excluding carboxylic acids is 1. The molecular weight excluding hydrogens is 184 g/mol. The Morgan fingerprint density at radius 1 is 1.50 bits per heavy atom. The molecule has 0 saturated carbocycles. The molecule has 0 atom stereocenters. The van der Waals surface area contributed by atoms with Crippen LogP contribution in [0.25, 0.3) is 0 Å². The first-order chi connectivity index (χ1) is 6.74. The third-order valence-electron chi connectivity index (χ3n) is 1.27. The lowest BCUT2D eigenvalue weighted by molar-refractivity contribution is 0.0697. The van der Waals surface area contributed by atoms with Gasteiger partial charge in [-0.2, -0.15) is 4.99 Å². The summed E-state index contributed by atoms with van der Waals surface area (Å²) < 4.78 is 0. The summed E-state index contributed by atoms with van der Waals surface area (Å²) >= 11 is 0. The summed E-state index contributed by atoms with van der Waals surface area (Å²) in [7, 11) is 1.50. The zero-order valence-corrected chi connectivity index (χ0v) is 7.60. The number of nitrogens with zero attached hydrogens (tertiary/aromatic N) is 1. The summed E-state index contributed by atoms with van der Waals surface area (Å²) in [4.78, 5) is 23.5. The topological polar surface area (TPSA) is 92.8 Å². The molecule has 0 saturated heterocycles.